The molecule has 0 bridgehead atoms. The molecule has 15 heavy (non-hydrogen) atoms. The van der Waals surface area contributed by atoms with Gasteiger partial charge in [-0.05, 0) is 30.2 Å². The van der Waals surface area contributed by atoms with Crippen LogP contribution in [-0.4, -0.2) is 19.4 Å². The third-order valence-electron chi connectivity index (χ3n) is 2.14. The van der Waals surface area contributed by atoms with Gasteiger partial charge in [-0.1, -0.05) is 15.9 Å². The Morgan fingerprint density at radius 2 is 2.27 bits per heavy atom. The van der Waals surface area contributed by atoms with E-state index in [2.05, 4.69) is 15.9 Å². The molecule has 0 fully saturated rings. The Labute approximate surface area is 97.7 Å². The fourth-order valence-electron chi connectivity index (χ4n) is 1.32. The van der Waals surface area contributed by atoms with Crippen LogP contribution in [0.5, 0.6) is 5.75 Å². The Kier molecular flexibility index (Phi) is 4.78. The molecule has 0 radical (unpaired) electrons. The molecule has 1 aromatic rings. The molecule has 0 unspecified atom stereocenters. The fraction of sp³-hybridized carbons (Fsp3) is 0.364. The van der Waals surface area contributed by atoms with Crippen molar-refractivity contribution in [2.75, 3.05) is 13.7 Å². The Morgan fingerprint density at radius 1 is 1.53 bits per heavy atom. The molecule has 0 amide bonds. The third kappa shape index (κ3) is 3.64. The zero-order valence-corrected chi connectivity index (χ0v) is 10.2. The van der Waals surface area contributed by atoms with Gasteiger partial charge in [0.2, 0.25) is 0 Å². The summed E-state index contributed by atoms with van der Waals surface area (Å²) in [4.78, 5) is 11.1. The summed E-state index contributed by atoms with van der Waals surface area (Å²) in [5.74, 6) is 0.875. The lowest BCUT2D eigenvalue weighted by atomic mass is 10.1. The Morgan fingerprint density at radius 3 is 2.87 bits per heavy atom. The van der Waals surface area contributed by atoms with Crippen molar-refractivity contribution in [3.05, 3.63) is 28.2 Å². The first-order valence-electron chi connectivity index (χ1n) is 4.71. The van der Waals surface area contributed by atoms with Crippen molar-refractivity contribution in [3.8, 4) is 5.75 Å². The van der Waals surface area contributed by atoms with E-state index in [1.54, 1.807) is 7.11 Å². The lowest BCUT2D eigenvalue weighted by Crippen LogP contribution is -2.13. The summed E-state index contributed by atoms with van der Waals surface area (Å²) >= 11 is 3.38. The second kappa shape index (κ2) is 5.88. The number of benzene rings is 1. The van der Waals surface area contributed by atoms with E-state index < -0.39 is 0 Å². The second-order valence-electron chi connectivity index (χ2n) is 3.20. The number of aryl methyl sites for hydroxylation is 1. The highest BCUT2D eigenvalue weighted by Gasteiger charge is 2.06. The summed E-state index contributed by atoms with van der Waals surface area (Å²) in [6.45, 7) is 0.107. The molecule has 0 atom stereocenters. The monoisotopic (exact) mass is 271 g/mol. The van der Waals surface area contributed by atoms with Gasteiger partial charge < -0.3 is 10.5 Å². The Hall–Kier alpha value is -0.870. The van der Waals surface area contributed by atoms with Crippen molar-refractivity contribution in [1.82, 2.24) is 0 Å². The van der Waals surface area contributed by atoms with Gasteiger partial charge in [0.05, 0.1) is 13.7 Å². The molecule has 0 heterocycles. The average molecular weight is 272 g/mol. The Balaban J connectivity index is 2.74. The molecule has 3 nitrogen and oxygen atoms in total. The summed E-state index contributed by atoms with van der Waals surface area (Å²) in [5.41, 5.74) is 6.27. The summed E-state index contributed by atoms with van der Waals surface area (Å²) < 4.78 is 6.19. The zero-order chi connectivity index (χ0) is 11.3. The van der Waals surface area contributed by atoms with Crippen molar-refractivity contribution in [2.45, 2.75) is 12.8 Å². The van der Waals surface area contributed by atoms with E-state index in [9.17, 15) is 4.79 Å². The number of carbonyl (C=O) groups excluding carboxylic acids is 1. The molecule has 0 saturated heterocycles. The molecule has 0 aliphatic rings. The quantitative estimate of drug-likeness (QED) is 0.890. The molecule has 1 aromatic carbocycles. The minimum absolute atomic E-state index is 0.0667. The molecular weight excluding hydrogens is 258 g/mol. The highest BCUT2D eigenvalue weighted by molar-refractivity contribution is 9.10. The lowest BCUT2D eigenvalue weighted by molar-refractivity contribution is -0.117. The number of halogens is 1. The van der Waals surface area contributed by atoms with Crippen LogP contribution in [0.2, 0.25) is 0 Å². The van der Waals surface area contributed by atoms with Crippen LogP contribution >= 0.6 is 15.9 Å². The minimum Gasteiger partial charge on any atom is -0.496 e. The topological polar surface area (TPSA) is 52.3 Å². The van der Waals surface area contributed by atoms with E-state index in [1.165, 1.54) is 0 Å². The van der Waals surface area contributed by atoms with Gasteiger partial charge in [0.25, 0.3) is 0 Å². The van der Waals surface area contributed by atoms with Crippen LogP contribution < -0.4 is 10.5 Å². The van der Waals surface area contributed by atoms with Gasteiger partial charge in [-0.3, -0.25) is 4.79 Å². The summed E-state index contributed by atoms with van der Waals surface area (Å²) in [7, 11) is 1.62. The SMILES string of the molecule is COc1ccc(Br)cc1CCC(=O)CN. The lowest BCUT2D eigenvalue weighted by Gasteiger charge is -2.08. The van der Waals surface area contributed by atoms with Crippen LogP contribution in [0, 0.1) is 0 Å². The maximum Gasteiger partial charge on any atom is 0.146 e. The zero-order valence-electron chi connectivity index (χ0n) is 8.63. The molecule has 0 saturated carbocycles. The van der Waals surface area contributed by atoms with Crippen LogP contribution in [-0.2, 0) is 11.2 Å². The fourth-order valence-corrected chi connectivity index (χ4v) is 1.73. The van der Waals surface area contributed by atoms with Crippen molar-refractivity contribution < 1.29 is 9.53 Å². The largest absolute Gasteiger partial charge is 0.496 e. The standard InChI is InChI=1S/C11H14BrNO2/c1-15-11-5-3-9(12)6-8(11)2-4-10(14)7-13/h3,5-6H,2,4,7,13H2,1H3. The number of ether oxygens (including phenoxy) is 1. The van der Waals surface area contributed by atoms with Gasteiger partial charge >= 0.3 is 0 Å². The molecule has 0 spiro atoms. The van der Waals surface area contributed by atoms with Gasteiger partial charge in [-0.25, -0.2) is 0 Å². The van der Waals surface area contributed by atoms with Crippen molar-refractivity contribution in [2.24, 2.45) is 5.73 Å². The van der Waals surface area contributed by atoms with Crippen LogP contribution in [0.4, 0.5) is 0 Å². The number of nitrogens with two attached hydrogens (primary N) is 1. The minimum atomic E-state index is 0.0667. The number of ketones is 1. The van der Waals surface area contributed by atoms with Gasteiger partial charge in [-0.15, -0.1) is 0 Å². The number of hydrogen-bond donors (Lipinski definition) is 1. The van der Waals surface area contributed by atoms with Crippen molar-refractivity contribution >= 4 is 21.7 Å². The summed E-state index contributed by atoms with van der Waals surface area (Å²) in [6.07, 6.45) is 1.13. The Bertz CT molecular complexity index is 352. The first kappa shape index (κ1) is 12.2. The van der Waals surface area contributed by atoms with Crippen molar-refractivity contribution in [1.29, 1.82) is 0 Å². The van der Waals surface area contributed by atoms with Crippen LogP contribution in [0.3, 0.4) is 0 Å². The van der Waals surface area contributed by atoms with Gasteiger partial charge in [0, 0.05) is 10.9 Å². The highest BCUT2D eigenvalue weighted by atomic mass is 79.9. The van der Waals surface area contributed by atoms with E-state index in [4.69, 9.17) is 10.5 Å². The summed E-state index contributed by atoms with van der Waals surface area (Å²) in [6, 6.07) is 5.75. The first-order chi connectivity index (χ1) is 7.17. The van der Waals surface area contributed by atoms with E-state index >= 15 is 0 Å². The van der Waals surface area contributed by atoms with Gasteiger partial charge in [0.15, 0.2) is 0 Å². The van der Waals surface area contributed by atoms with Crippen molar-refractivity contribution in [3.63, 3.8) is 0 Å². The predicted octanol–water partition coefficient (Wildman–Crippen LogP) is 1.92. The molecule has 0 aliphatic heterocycles. The molecule has 82 valence electrons. The molecule has 0 aromatic heterocycles. The molecule has 1 rings (SSSR count). The van der Waals surface area contributed by atoms with E-state index in [-0.39, 0.29) is 12.3 Å². The number of Topliss-reactive ketones (excluding diaryl/α,β-unsaturated/α-hetero) is 1. The van der Waals surface area contributed by atoms with E-state index in [1.807, 2.05) is 18.2 Å². The second-order valence-corrected chi connectivity index (χ2v) is 4.11. The first-order valence-corrected chi connectivity index (χ1v) is 5.51. The predicted molar refractivity (Wildman–Crippen MR) is 63.1 cm³/mol. The number of carbonyl (C=O) groups is 1. The number of rotatable bonds is 5. The van der Waals surface area contributed by atoms with E-state index in [0.29, 0.717) is 12.8 Å². The highest BCUT2D eigenvalue weighted by Crippen LogP contribution is 2.24. The van der Waals surface area contributed by atoms with Crippen LogP contribution in [0.15, 0.2) is 22.7 Å². The number of methoxy groups -OCH3 is 1. The van der Waals surface area contributed by atoms with Gasteiger partial charge in [0.1, 0.15) is 11.5 Å². The maximum absolute atomic E-state index is 11.1. The van der Waals surface area contributed by atoms with E-state index in [0.717, 1.165) is 15.8 Å². The smallest absolute Gasteiger partial charge is 0.146 e. The normalized spacial score (nSPS) is 10.1. The third-order valence-corrected chi connectivity index (χ3v) is 2.64. The maximum atomic E-state index is 11.1. The van der Waals surface area contributed by atoms with Crippen LogP contribution in [0.25, 0.3) is 0 Å². The average Bonchev–Trinajstić information content (AvgIpc) is 2.26. The van der Waals surface area contributed by atoms with Gasteiger partial charge in [-0.2, -0.15) is 0 Å². The molecular formula is C11H14BrNO2. The molecule has 4 heteroatoms. The van der Waals surface area contributed by atoms with Crippen LogP contribution in [0.1, 0.15) is 12.0 Å². The number of hydrogen-bond acceptors (Lipinski definition) is 3. The molecule has 0 aliphatic carbocycles. The molecule has 2 N–H and O–H groups in total. The summed E-state index contributed by atoms with van der Waals surface area (Å²) in [5, 5.41) is 0.